The zero-order chi connectivity index (χ0) is 12.6. The molecule has 2 rings (SSSR count). The van der Waals surface area contributed by atoms with Crippen LogP contribution < -0.4 is 5.30 Å². The van der Waals surface area contributed by atoms with Gasteiger partial charge in [-0.3, -0.25) is 0 Å². The third kappa shape index (κ3) is 2.28. The zero-order valence-corrected chi connectivity index (χ0v) is 11.8. The average Bonchev–Trinajstić information content (AvgIpc) is 2.26. The second-order valence-electron chi connectivity index (χ2n) is 5.31. The van der Waals surface area contributed by atoms with Gasteiger partial charge in [0.1, 0.15) is 5.52 Å². The molecule has 0 spiro atoms. The second-order valence-corrected chi connectivity index (χ2v) is 9.13. The molecule has 0 saturated heterocycles. The zero-order valence-electron chi connectivity index (χ0n) is 10.9. The van der Waals surface area contributed by atoms with Crippen LogP contribution in [0.3, 0.4) is 0 Å². The SMILES string of the molecule is C=P(C)(C)c1c(C(C)C)ccc2ccnnc12. The first-order chi connectivity index (χ1) is 7.91. The topological polar surface area (TPSA) is 25.8 Å². The van der Waals surface area contributed by atoms with Crippen molar-refractivity contribution in [3.8, 4) is 0 Å². The fourth-order valence-electron chi connectivity index (χ4n) is 2.16. The standard InChI is InChI=1S/C14H19N2P/c1-10(2)12-7-6-11-8-9-15-16-13(11)14(12)17(3,4)5/h6-10H,3H2,1-2,4-5H3. The maximum Gasteiger partial charge on any atom is 0.101 e. The highest BCUT2D eigenvalue weighted by atomic mass is 31.2. The minimum absolute atomic E-state index is 0.498. The third-order valence-electron chi connectivity index (χ3n) is 2.92. The van der Waals surface area contributed by atoms with Crippen LogP contribution in [0.5, 0.6) is 0 Å². The summed E-state index contributed by atoms with van der Waals surface area (Å²) in [7, 11) is 0. The van der Waals surface area contributed by atoms with Crippen molar-refractivity contribution in [2.75, 3.05) is 13.3 Å². The third-order valence-corrected chi connectivity index (χ3v) is 4.60. The maximum absolute atomic E-state index is 4.38. The lowest BCUT2D eigenvalue weighted by Crippen LogP contribution is -2.14. The van der Waals surface area contributed by atoms with Gasteiger partial charge in [0.15, 0.2) is 0 Å². The van der Waals surface area contributed by atoms with Gasteiger partial charge in [0, 0.05) is 10.7 Å². The summed E-state index contributed by atoms with van der Waals surface area (Å²) in [6.45, 7) is 7.56. The van der Waals surface area contributed by atoms with Crippen LogP contribution in [0.15, 0.2) is 24.4 Å². The van der Waals surface area contributed by atoms with Gasteiger partial charge in [-0.05, 0) is 30.9 Å². The number of nitrogens with zero attached hydrogens (tertiary/aromatic N) is 2. The summed E-state index contributed by atoms with van der Waals surface area (Å²) in [4.78, 5) is 0. The van der Waals surface area contributed by atoms with Gasteiger partial charge >= 0.3 is 0 Å². The van der Waals surface area contributed by atoms with E-state index >= 15 is 0 Å². The minimum atomic E-state index is -1.36. The highest BCUT2D eigenvalue weighted by molar-refractivity contribution is 7.79. The molecule has 3 heteroatoms. The van der Waals surface area contributed by atoms with Gasteiger partial charge in [-0.1, -0.05) is 39.2 Å². The Bertz CT molecular complexity index is 596. The molecule has 0 aliphatic carbocycles. The van der Waals surface area contributed by atoms with E-state index in [1.165, 1.54) is 10.9 Å². The molecule has 0 atom stereocenters. The smallest absolute Gasteiger partial charge is 0.101 e. The van der Waals surface area contributed by atoms with Crippen molar-refractivity contribution >= 4 is 29.4 Å². The molecule has 2 aromatic rings. The fourth-order valence-corrected chi connectivity index (χ4v) is 3.94. The van der Waals surface area contributed by atoms with Crippen molar-refractivity contribution in [3.05, 3.63) is 30.0 Å². The maximum atomic E-state index is 4.38. The number of benzene rings is 1. The Balaban J connectivity index is 2.90. The molecule has 1 heterocycles. The molecule has 0 unspecified atom stereocenters. The summed E-state index contributed by atoms with van der Waals surface area (Å²) in [6.07, 6.45) is 6.12. The average molecular weight is 246 g/mol. The van der Waals surface area contributed by atoms with Gasteiger partial charge in [-0.2, -0.15) is 5.10 Å². The minimum Gasteiger partial charge on any atom is -0.158 e. The molecule has 0 N–H and O–H groups in total. The van der Waals surface area contributed by atoms with E-state index in [9.17, 15) is 0 Å². The lowest BCUT2D eigenvalue weighted by molar-refractivity contribution is 0.874. The van der Waals surface area contributed by atoms with E-state index in [1.54, 1.807) is 6.20 Å². The van der Waals surface area contributed by atoms with E-state index < -0.39 is 6.89 Å². The Hall–Kier alpha value is -1.14. The molecular formula is C14H19N2P. The van der Waals surface area contributed by atoms with Gasteiger partial charge in [0.05, 0.1) is 6.20 Å². The van der Waals surface area contributed by atoms with E-state index in [4.69, 9.17) is 0 Å². The van der Waals surface area contributed by atoms with Gasteiger partial charge in [-0.15, -0.1) is 5.10 Å². The summed E-state index contributed by atoms with van der Waals surface area (Å²) in [5, 5.41) is 10.9. The van der Waals surface area contributed by atoms with Crippen LogP contribution >= 0.6 is 6.89 Å². The molecule has 0 bridgehead atoms. The van der Waals surface area contributed by atoms with Crippen LogP contribution in [0.1, 0.15) is 25.3 Å². The number of aromatic nitrogens is 2. The van der Waals surface area contributed by atoms with Gasteiger partial charge in [0.2, 0.25) is 0 Å². The van der Waals surface area contributed by atoms with Crippen molar-refractivity contribution in [2.24, 2.45) is 0 Å². The normalized spacial score (nSPS) is 12.3. The monoisotopic (exact) mass is 246 g/mol. The molecule has 1 aromatic carbocycles. The first kappa shape index (κ1) is 12.3. The number of hydrogen-bond acceptors (Lipinski definition) is 2. The first-order valence-electron chi connectivity index (χ1n) is 5.84. The first-order valence-corrected chi connectivity index (χ1v) is 8.71. The lowest BCUT2D eigenvalue weighted by atomic mass is 10.0. The number of fused-ring (bicyclic) bond motifs is 1. The van der Waals surface area contributed by atoms with Crippen LogP contribution in [-0.4, -0.2) is 29.8 Å². The second kappa shape index (κ2) is 4.27. The van der Waals surface area contributed by atoms with E-state index in [0.717, 1.165) is 10.9 Å². The Morgan fingerprint density at radius 3 is 2.47 bits per heavy atom. The summed E-state index contributed by atoms with van der Waals surface area (Å²) >= 11 is 0. The van der Waals surface area contributed by atoms with Crippen LogP contribution in [0.2, 0.25) is 0 Å². The van der Waals surface area contributed by atoms with Crippen LogP contribution in [0, 0.1) is 0 Å². The molecule has 0 fully saturated rings. The summed E-state index contributed by atoms with van der Waals surface area (Å²) < 4.78 is 0. The molecule has 90 valence electrons. The van der Waals surface area contributed by atoms with E-state index in [1.807, 2.05) is 6.07 Å². The van der Waals surface area contributed by atoms with Crippen LogP contribution in [-0.2, 0) is 0 Å². The predicted molar refractivity (Wildman–Crippen MR) is 79.2 cm³/mol. The lowest BCUT2D eigenvalue weighted by Gasteiger charge is -2.21. The van der Waals surface area contributed by atoms with Crippen LogP contribution in [0.4, 0.5) is 0 Å². The molecule has 0 saturated carbocycles. The Morgan fingerprint density at radius 2 is 1.88 bits per heavy atom. The van der Waals surface area contributed by atoms with Gasteiger partial charge in [-0.25, -0.2) is 0 Å². The van der Waals surface area contributed by atoms with E-state index in [0.29, 0.717) is 5.92 Å². The molecule has 0 radical (unpaired) electrons. The highest BCUT2D eigenvalue weighted by Crippen LogP contribution is 2.39. The Labute approximate surface area is 103 Å². The van der Waals surface area contributed by atoms with Crippen molar-refractivity contribution in [2.45, 2.75) is 19.8 Å². The summed E-state index contributed by atoms with van der Waals surface area (Å²) in [6, 6.07) is 6.38. The van der Waals surface area contributed by atoms with Crippen molar-refractivity contribution in [3.63, 3.8) is 0 Å². The number of rotatable bonds is 2. The molecule has 0 aliphatic heterocycles. The molecule has 1 aromatic heterocycles. The molecular weight excluding hydrogens is 227 g/mol. The molecule has 17 heavy (non-hydrogen) atoms. The molecule has 0 aliphatic rings. The molecule has 2 nitrogen and oxygen atoms in total. The predicted octanol–water partition coefficient (Wildman–Crippen LogP) is 3.09. The van der Waals surface area contributed by atoms with Gasteiger partial charge < -0.3 is 0 Å². The largest absolute Gasteiger partial charge is 0.158 e. The fraction of sp³-hybridized carbons (Fsp3) is 0.357. The van der Waals surface area contributed by atoms with Crippen molar-refractivity contribution in [1.82, 2.24) is 10.2 Å². The molecule has 0 amide bonds. The summed E-state index contributed by atoms with van der Waals surface area (Å²) in [5.74, 6) is 0.498. The van der Waals surface area contributed by atoms with Gasteiger partial charge in [0.25, 0.3) is 0 Å². The van der Waals surface area contributed by atoms with Crippen molar-refractivity contribution < 1.29 is 0 Å². The van der Waals surface area contributed by atoms with E-state index in [-0.39, 0.29) is 0 Å². The highest BCUT2D eigenvalue weighted by Gasteiger charge is 2.17. The Morgan fingerprint density at radius 1 is 1.18 bits per heavy atom. The summed E-state index contributed by atoms with van der Waals surface area (Å²) in [5.41, 5.74) is 2.40. The van der Waals surface area contributed by atoms with Crippen molar-refractivity contribution in [1.29, 1.82) is 0 Å². The van der Waals surface area contributed by atoms with Crippen LogP contribution in [0.25, 0.3) is 10.9 Å². The van der Waals surface area contributed by atoms with E-state index in [2.05, 4.69) is 55.8 Å². The quantitative estimate of drug-likeness (QED) is 0.761. The number of hydrogen-bond donors (Lipinski definition) is 0. The Kier molecular flexibility index (Phi) is 3.09.